The lowest BCUT2D eigenvalue weighted by Crippen LogP contribution is -2.43. The summed E-state index contributed by atoms with van der Waals surface area (Å²) < 4.78 is 5.47. The van der Waals surface area contributed by atoms with Gasteiger partial charge in [-0.15, -0.1) is 11.3 Å². The van der Waals surface area contributed by atoms with E-state index in [4.69, 9.17) is 40.2 Å². The third-order valence-corrected chi connectivity index (χ3v) is 5.81. The molecule has 130 valence electrons. The molecular formula is C17H15Cl2N3O2S. The predicted molar refractivity (Wildman–Crippen MR) is 102 cm³/mol. The van der Waals surface area contributed by atoms with Crippen LogP contribution in [0.3, 0.4) is 0 Å². The molecule has 0 aliphatic carbocycles. The quantitative estimate of drug-likeness (QED) is 0.772. The largest absolute Gasteiger partial charge is 0.377 e. The van der Waals surface area contributed by atoms with Crippen LogP contribution in [0.5, 0.6) is 0 Å². The second kappa shape index (κ2) is 7.22. The molecule has 25 heavy (non-hydrogen) atoms. The third kappa shape index (κ3) is 3.33. The highest BCUT2D eigenvalue weighted by Gasteiger charge is 2.30. The number of nitrogens with two attached hydrogens (primary N) is 1. The summed E-state index contributed by atoms with van der Waals surface area (Å²) in [6.07, 6.45) is 0. The van der Waals surface area contributed by atoms with Crippen LogP contribution in [0.15, 0.2) is 18.2 Å². The summed E-state index contributed by atoms with van der Waals surface area (Å²) in [5, 5.41) is 1.58. The van der Waals surface area contributed by atoms with E-state index in [9.17, 15) is 4.79 Å². The van der Waals surface area contributed by atoms with Crippen LogP contribution in [0.4, 0.5) is 10.7 Å². The number of thiophene rings is 1. The lowest BCUT2D eigenvalue weighted by molar-refractivity contribution is 0.0993. The Hall–Kier alpha value is -1.78. The molecular weight excluding hydrogens is 381 g/mol. The zero-order valence-electron chi connectivity index (χ0n) is 13.4. The van der Waals surface area contributed by atoms with Crippen LogP contribution < -0.4 is 10.6 Å². The smallest absolute Gasteiger partial charge is 0.258 e. The highest BCUT2D eigenvalue weighted by molar-refractivity contribution is 7.19. The monoisotopic (exact) mass is 395 g/mol. The molecule has 1 aromatic carbocycles. The van der Waals surface area contributed by atoms with Gasteiger partial charge >= 0.3 is 0 Å². The lowest BCUT2D eigenvalue weighted by atomic mass is 10.0. The molecule has 2 heterocycles. The van der Waals surface area contributed by atoms with Gasteiger partial charge in [-0.25, -0.2) is 4.85 Å². The summed E-state index contributed by atoms with van der Waals surface area (Å²) in [4.78, 5) is 18.1. The van der Waals surface area contributed by atoms with Gasteiger partial charge in [0.15, 0.2) is 0 Å². The number of ether oxygens (including phenoxy) is 1. The number of primary amides is 1. The van der Waals surface area contributed by atoms with Crippen molar-refractivity contribution in [3.05, 3.63) is 44.5 Å². The molecule has 1 atom stereocenters. The highest BCUT2D eigenvalue weighted by atomic mass is 35.5. The van der Waals surface area contributed by atoms with Crippen molar-refractivity contribution >= 4 is 51.1 Å². The standard InChI is InChI=1S/C17H15Cl2N3O2S/c1-9-8-24-6-5-22(9)17-14(21-2)13(15(25-17)16(20)23)11-4-3-10(18)7-12(11)19/h3-4,7,9H,5-6,8H2,1H3,(H2,20,23)/t9-/m0/s1. The summed E-state index contributed by atoms with van der Waals surface area (Å²) in [6, 6.07) is 5.07. The Morgan fingerprint density at radius 1 is 1.48 bits per heavy atom. The Balaban J connectivity index is 2.24. The van der Waals surface area contributed by atoms with E-state index in [0.717, 1.165) is 5.00 Å². The van der Waals surface area contributed by atoms with Gasteiger partial charge in [0.2, 0.25) is 5.69 Å². The molecule has 0 radical (unpaired) electrons. The molecule has 0 saturated carbocycles. The first-order chi connectivity index (χ1) is 11.9. The molecule has 1 fully saturated rings. The van der Waals surface area contributed by atoms with Gasteiger partial charge in [-0.2, -0.15) is 0 Å². The van der Waals surface area contributed by atoms with E-state index in [1.54, 1.807) is 18.2 Å². The van der Waals surface area contributed by atoms with Crippen LogP contribution in [-0.4, -0.2) is 31.7 Å². The van der Waals surface area contributed by atoms with E-state index in [-0.39, 0.29) is 6.04 Å². The second-order valence-corrected chi connectivity index (χ2v) is 7.52. The van der Waals surface area contributed by atoms with Crippen molar-refractivity contribution in [1.82, 2.24) is 0 Å². The zero-order chi connectivity index (χ0) is 18.1. The average Bonchev–Trinajstić information content (AvgIpc) is 2.94. The molecule has 8 heteroatoms. The Kier molecular flexibility index (Phi) is 5.21. The number of rotatable bonds is 3. The lowest BCUT2D eigenvalue weighted by Gasteiger charge is -2.34. The Morgan fingerprint density at radius 2 is 2.24 bits per heavy atom. The van der Waals surface area contributed by atoms with E-state index >= 15 is 0 Å². The van der Waals surface area contributed by atoms with Gasteiger partial charge in [-0.1, -0.05) is 29.3 Å². The topological polar surface area (TPSA) is 59.9 Å². The average molecular weight is 396 g/mol. The first-order valence-corrected chi connectivity index (χ1v) is 9.15. The minimum absolute atomic E-state index is 0.0992. The Morgan fingerprint density at radius 3 is 2.84 bits per heavy atom. The van der Waals surface area contributed by atoms with Crippen LogP contribution >= 0.6 is 34.5 Å². The molecule has 0 spiro atoms. The maximum atomic E-state index is 12.0. The van der Waals surface area contributed by atoms with Crippen LogP contribution in [-0.2, 0) is 4.74 Å². The maximum absolute atomic E-state index is 12.0. The van der Waals surface area contributed by atoms with Gasteiger partial charge in [-0.3, -0.25) is 4.79 Å². The minimum Gasteiger partial charge on any atom is -0.377 e. The Labute approximate surface area is 159 Å². The van der Waals surface area contributed by atoms with E-state index in [1.165, 1.54) is 11.3 Å². The van der Waals surface area contributed by atoms with Crippen LogP contribution in [0, 0.1) is 6.57 Å². The van der Waals surface area contributed by atoms with Gasteiger partial charge in [0, 0.05) is 28.2 Å². The molecule has 1 aromatic heterocycles. The van der Waals surface area contributed by atoms with Gasteiger partial charge < -0.3 is 15.4 Å². The number of nitrogens with zero attached hydrogens (tertiary/aromatic N) is 2. The van der Waals surface area contributed by atoms with Crippen molar-refractivity contribution < 1.29 is 9.53 Å². The zero-order valence-corrected chi connectivity index (χ0v) is 15.7. The number of carbonyl (C=O) groups is 1. The molecule has 2 N–H and O–H groups in total. The summed E-state index contributed by atoms with van der Waals surface area (Å²) in [6.45, 7) is 11.5. The van der Waals surface area contributed by atoms with Gasteiger partial charge in [0.05, 0.1) is 29.7 Å². The summed E-state index contributed by atoms with van der Waals surface area (Å²) >= 11 is 13.5. The molecule has 1 saturated heterocycles. The third-order valence-electron chi connectivity index (χ3n) is 4.03. The molecule has 2 aromatic rings. The first kappa shape index (κ1) is 18.0. The minimum atomic E-state index is -0.580. The number of hydrogen-bond acceptors (Lipinski definition) is 4. The van der Waals surface area contributed by atoms with Crippen molar-refractivity contribution in [3.8, 4) is 11.1 Å². The fraction of sp³-hybridized carbons (Fsp3) is 0.294. The predicted octanol–water partition coefficient (Wildman–Crippen LogP) is 4.60. The van der Waals surface area contributed by atoms with Crippen molar-refractivity contribution in [3.63, 3.8) is 0 Å². The van der Waals surface area contributed by atoms with Crippen LogP contribution in [0.25, 0.3) is 16.0 Å². The maximum Gasteiger partial charge on any atom is 0.258 e. The van der Waals surface area contributed by atoms with Crippen molar-refractivity contribution in [1.29, 1.82) is 0 Å². The highest BCUT2D eigenvalue weighted by Crippen LogP contribution is 2.50. The molecule has 1 aliphatic rings. The van der Waals surface area contributed by atoms with Crippen LogP contribution in [0.1, 0.15) is 16.6 Å². The van der Waals surface area contributed by atoms with Gasteiger partial charge in [-0.05, 0) is 24.6 Å². The van der Waals surface area contributed by atoms with Gasteiger partial charge in [0.1, 0.15) is 0 Å². The van der Waals surface area contributed by atoms with E-state index in [0.29, 0.717) is 51.5 Å². The molecule has 3 rings (SSSR count). The van der Waals surface area contributed by atoms with Crippen LogP contribution in [0.2, 0.25) is 10.0 Å². The second-order valence-electron chi connectivity index (χ2n) is 5.68. The molecule has 5 nitrogen and oxygen atoms in total. The van der Waals surface area contributed by atoms with Crippen molar-refractivity contribution in [2.75, 3.05) is 24.7 Å². The molecule has 0 unspecified atom stereocenters. The number of halogens is 2. The van der Waals surface area contributed by atoms with Crippen molar-refractivity contribution in [2.24, 2.45) is 5.73 Å². The molecule has 1 amide bonds. The summed E-state index contributed by atoms with van der Waals surface area (Å²) in [5.74, 6) is -0.580. The SMILES string of the molecule is [C-]#[N+]c1c(N2CCOC[C@@H]2C)sc(C(N)=O)c1-c1ccc(Cl)cc1Cl. The van der Waals surface area contributed by atoms with E-state index in [1.807, 2.05) is 6.92 Å². The van der Waals surface area contributed by atoms with Gasteiger partial charge in [0.25, 0.3) is 5.91 Å². The number of carbonyl (C=O) groups excluding carboxylic acids is 1. The van der Waals surface area contributed by atoms with Crippen molar-refractivity contribution in [2.45, 2.75) is 13.0 Å². The van der Waals surface area contributed by atoms with E-state index in [2.05, 4.69) is 9.74 Å². The number of amides is 1. The van der Waals surface area contributed by atoms with E-state index < -0.39 is 5.91 Å². The Bertz CT molecular complexity index is 876. The fourth-order valence-electron chi connectivity index (χ4n) is 2.85. The summed E-state index contributed by atoms with van der Waals surface area (Å²) in [5.41, 5.74) is 7.03. The fourth-order valence-corrected chi connectivity index (χ4v) is 4.59. The normalized spacial score (nSPS) is 17.4. The molecule has 1 aliphatic heterocycles. The number of hydrogen-bond donors (Lipinski definition) is 1. The number of morpholine rings is 1. The molecule has 0 bridgehead atoms. The number of anilines is 1. The summed E-state index contributed by atoms with van der Waals surface area (Å²) in [7, 11) is 0. The first-order valence-electron chi connectivity index (χ1n) is 7.58. The number of benzene rings is 1.